The molecule has 1 N–H and O–H groups in total. The van der Waals surface area contributed by atoms with Crippen LogP contribution >= 0.6 is 12.2 Å². The van der Waals surface area contributed by atoms with Gasteiger partial charge in [-0.3, -0.25) is 19.5 Å². The van der Waals surface area contributed by atoms with Crippen molar-refractivity contribution in [3.63, 3.8) is 0 Å². The molecule has 0 saturated carbocycles. The zero-order chi connectivity index (χ0) is 18.4. The summed E-state index contributed by atoms with van der Waals surface area (Å²) in [5.74, 6) is -1.75. The average molecular weight is 360 g/mol. The van der Waals surface area contributed by atoms with Crippen molar-refractivity contribution in [3.05, 3.63) is 29.8 Å². The normalized spacial score (nSPS) is 18.3. The van der Waals surface area contributed by atoms with Crippen LogP contribution < -0.4 is 10.2 Å². The van der Waals surface area contributed by atoms with Gasteiger partial charge in [-0.05, 0) is 49.9 Å². The van der Waals surface area contributed by atoms with Gasteiger partial charge in [-0.25, -0.2) is 0 Å². The molecule has 1 heterocycles. The van der Waals surface area contributed by atoms with Crippen LogP contribution in [0.25, 0.3) is 0 Å². The van der Waals surface area contributed by atoms with Crippen molar-refractivity contribution in [2.45, 2.75) is 20.8 Å². The lowest BCUT2D eigenvalue weighted by atomic mass is 10.1. The minimum atomic E-state index is -0.955. The number of carbonyl (C=O) groups excluding carboxylic acids is 2. The summed E-state index contributed by atoms with van der Waals surface area (Å²) in [6.45, 7) is 9.36. The van der Waals surface area contributed by atoms with Gasteiger partial charge in [0.1, 0.15) is 0 Å². The third-order valence-electron chi connectivity index (χ3n) is 4.16. The van der Waals surface area contributed by atoms with Crippen molar-refractivity contribution in [2.24, 2.45) is 10.9 Å². The van der Waals surface area contributed by atoms with Gasteiger partial charge < -0.3 is 10.2 Å². The number of benzene rings is 1. The maximum Gasteiger partial charge on any atom is 0.251 e. The van der Waals surface area contributed by atoms with E-state index in [1.54, 1.807) is 6.07 Å². The Morgan fingerprint density at radius 1 is 1.32 bits per heavy atom. The number of nitrogens with zero attached hydrogens (tertiary/aromatic N) is 3. The molecule has 1 aliphatic rings. The van der Waals surface area contributed by atoms with E-state index in [-0.39, 0.29) is 11.0 Å². The maximum absolute atomic E-state index is 12.8. The molecule has 0 aliphatic carbocycles. The molecule has 1 atom stereocenters. The predicted octanol–water partition coefficient (Wildman–Crippen LogP) is 1.77. The van der Waals surface area contributed by atoms with Gasteiger partial charge >= 0.3 is 0 Å². The summed E-state index contributed by atoms with van der Waals surface area (Å²) in [4.78, 5) is 32.8. The largest absolute Gasteiger partial charge is 0.302 e. The first-order valence-corrected chi connectivity index (χ1v) is 8.86. The Kier molecular flexibility index (Phi) is 6.78. The number of carbonyl (C=O) groups is 2. The standard InChI is InChI=1S/C18H24N4O2S/c1-4-21(5-2)10-9-19-12-15-16(23)20-18(25)22(17(15)24)14-8-6-7-13(3)11-14/h6-8,11-12,15H,4-5,9-10H2,1-3H3,(H,20,23,25). The first kappa shape index (κ1) is 19.2. The highest BCUT2D eigenvalue weighted by Crippen LogP contribution is 2.21. The monoisotopic (exact) mass is 360 g/mol. The molecule has 1 aromatic carbocycles. The van der Waals surface area contributed by atoms with Crippen molar-refractivity contribution >= 4 is 41.0 Å². The number of amides is 2. The van der Waals surface area contributed by atoms with E-state index in [4.69, 9.17) is 12.2 Å². The Morgan fingerprint density at radius 2 is 2.04 bits per heavy atom. The number of anilines is 1. The lowest BCUT2D eigenvalue weighted by Crippen LogP contribution is -2.58. The molecule has 0 bridgehead atoms. The Hall–Kier alpha value is -2.12. The molecule has 6 nitrogen and oxygen atoms in total. The van der Waals surface area contributed by atoms with E-state index in [0.29, 0.717) is 12.2 Å². The van der Waals surface area contributed by atoms with Crippen LogP contribution in [0.1, 0.15) is 19.4 Å². The summed E-state index contributed by atoms with van der Waals surface area (Å²) in [5.41, 5.74) is 1.66. The van der Waals surface area contributed by atoms with E-state index >= 15 is 0 Å². The second kappa shape index (κ2) is 8.82. The van der Waals surface area contributed by atoms with Gasteiger partial charge in [0.05, 0.1) is 12.2 Å². The topological polar surface area (TPSA) is 65.0 Å². The SMILES string of the molecule is CCN(CC)CCN=CC1C(=O)NC(=S)N(c2cccc(C)c2)C1=O. The van der Waals surface area contributed by atoms with E-state index < -0.39 is 11.8 Å². The second-order valence-corrected chi connectivity index (χ2v) is 6.25. The van der Waals surface area contributed by atoms with Crippen molar-refractivity contribution in [1.29, 1.82) is 0 Å². The number of hydrogen-bond acceptors (Lipinski definition) is 5. The number of rotatable bonds is 7. The first-order chi connectivity index (χ1) is 12.0. The van der Waals surface area contributed by atoms with E-state index in [2.05, 4.69) is 29.1 Å². The van der Waals surface area contributed by atoms with Gasteiger partial charge in [0, 0.05) is 12.8 Å². The zero-order valence-electron chi connectivity index (χ0n) is 14.9. The highest BCUT2D eigenvalue weighted by molar-refractivity contribution is 7.80. The molecule has 1 unspecified atom stereocenters. The van der Waals surface area contributed by atoms with Gasteiger partial charge in [0.2, 0.25) is 5.91 Å². The van der Waals surface area contributed by atoms with E-state index in [1.807, 2.05) is 25.1 Å². The molecular formula is C18H24N4O2S. The molecule has 0 radical (unpaired) electrons. The molecule has 0 aromatic heterocycles. The molecule has 7 heteroatoms. The number of aliphatic imine (C=N–C) groups is 1. The Bertz CT molecular complexity index is 685. The van der Waals surface area contributed by atoms with Crippen LogP contribution in [0, 0.1) is 12.8 Å². The number of nitrogens with one attached hydrogen (secondary N) is 1. The number of aryl methyl sites for hydroxylation is 1. The summed E-state index contributed by atoms with van der Waals surface area (Å²) in [6.07, 6.45) is 1.44. The summed E-state index contributed by atoms with van der Waals surface area (Å²) < 4.78 is 0. The molecule has 2 amide bonds. The minimum Gasteiger partial charge on any atom is -0.302 e. The van der Waals surface area contributed by atoms with Crippen LogP contribution in [0.2, 0.25) is 0 Å². The van der Waals surface area contributed by atoms with Gasteiger partial charge in [-0.1, -0.05) is 26.0 Å². The van der Waals surface area contributed by atoms with E-state index in [0.717, 1.165) is 25.2 Å². The predicted molar refractivity (Wildman–Crippen MR) is 104 cm³/mol. The maximum atomic E-state index is 12.8. The van der Waals surface area contributed by atoms with Crippen LogP contribution in [-0.4, -0.2) is 54.2 Å². The van der Waals surface area contributed by atoms with Gasteiger partial charge in [-0.2, -0.15) is 0 Å². The number of thiocarbonyl (C=S) groups is 1. The van der Waals surface area contributed by atoms with Crippen LogP contribution in [-0.2, 0) is 9.59 Å². The number of hydrogen-bond donors (Lipinski definition) is 1. The van der Waals surface area contributed by atoms with E-state index in [9.17, 15) is 9.59 Å². The fraction of sp³-hybridized carbons (Fsp3) is 0.444. The van der Waals surface area contributed by atoms with Gasteiger partial charge in [0.25, 0.3) is 5.91 Å². The Morgan fingerprint density at radius 3 is 2.68 bits per heavy atom. The van der Waals surface area contributed by atoms with Crippen LogP contribution in [0.15, 0.2) is 29.3 Å². The molecule has 1 aromatic rings. The van der Waals surface area contributed by atoms with Gasteiger partial charge in [0.15, 0.2) is 11.0 Å². The lowest BCUT2D eigenvalue weighted by molar-refractivity contribution is -0.130. The molecule has 1 aliphatic heterocycles. The Balaban J connectivity index is 2.12. The van der Waals surface area contributed by atoms with Crippen molar-refractivity contribution < 1.29 is 9.59 Å². The van der Waals surface area contributed by atoms with Crippen LogP contribution in [0.4, 0.5) is 5.69 Å². The lowest BCUT2D eigenvalue weighted by Gasteiger charge is -2.31. The quantitative estimate of drug-likeness (QED) is 0.457. The van der Waals surface area contributed by atoms with Crippen LogP contribution in [0.3, 0.4) is 0 Å². The first-order valence-electron chi connectivity index (χ1n) is 8.45. The summed E-state index contributed by atoms with van der Waals surface area (Å²) in [5, 5.41) is 2.70. The molecular weight excluding hydrogens is 336 g/mol. The average Bonchev–Trinajstić information content (AvgIpc) is 2.57. The number of likely N-dealkylation sites (N-methyl/N-ethyl adjacent to an activating group) is 1. The van der Waals surface area contributed by atoms with Crippen molar-refractivity contribution in [1.82, 2.24) is 10.2 Å². The van der Waals surface area contributed by atoms with E-state index in [1.165, 1.54) is 11.1 Å². The van der Waals surface area contributed by atoms with Crippen molar-refractivity contribution in [2.75, 3.05) is 31.1 Å². The summed E-state index contributed by atoms with van der Waals surface area (Å²) in [7, 11) is 0. The van der Waals surface area contributed by atoms with Gasteiger partial charge in [-0.15, -0.1) is 0 Å². The molecule has 0 spiro atoms. The molecule has 25 heavy (non-hydrogen) atoms. The summed E-state index contributed by atoms with van der Waals surface area (Å²) >= 11 is 5.18. The second-order valence-electron chi connectivity index (χ2n) is 5.87. The third-order valence-corrected chi connectivity index (χ3v) is 4.44. The minimum absolute atomic E-state index is 0.105. The van der Waals surface area contributed by atoms with Crippen molar-refractivity contribution in [3.8, 4) is 0 Å². The highest BCUT2D eigenvalue weighted by Gasteiger charge is 2.38. The third kappa shape index (κ3) is 4.70. The fourth-order valence-corrected chi connectivity index (χ4v) is 2.95. The molecule has 2 rings (SSSR count). The summed E-state index contributed by atoms with van der Waals surface area (Å²) in [6, 6.07) is 7.44. The molecule has 134 valence electrons. The Labute approximate surface area is 153 Å². The highest BCUT2D eigenvalue weighted by atomic mass is 32.1. The molecule has 1 fully saturated rings. The van der Waals surface area contributed by atoms with Crippen LogP contribution in [0.5, 0.6) is 0 Å². The molecule has 1 saturated heterocycles. The smallest absolute Gasteiger partial charge is 0.251 e. The fourth-order valence-electron chi connectivity index (χ4n) is 2.65. The zero-order valence-corrected chi connectivity index (χ0v) is 15.7.